The Kier molecular flexibility index (Phi) is 4.73. The molecule has 1 aliphatic rings. The number of carboxylic acids is 1. The van der Waals surface area contributed by atoms with Gasteiger partial charge in [-0.3, -0.25) is 9.69 Å². The number of carboxylic acid groups (broad SMARTS) is 1. The maximum atomic E-state index is 11.0. The monoisotopic (exact) mass is 299 g/mol. The van der Waals surface area contributed by atoms with Crippen molar-refractivity contribution in [1.82, 2.24) is 4.90 Å². The number of hydrogen-bond acceptors (Lipinski definition) is 4. The minimum absolute atomic E-state index is 0.476. The zero-order chi connectivity index (χ0) is 14.7. The Morgan fingerprint density at radius 3 is 2.85 bits per heavy atom. The van der Waals surface area contributed by atoms with Crippen molar-refractivity contribution in [3.05, 3.63) is 22.7 Å². The molecule has 0 spiro atoms. The minimum Gasteiger partial charge on any atom is -0.489 e. The van der Waals surface area contributed by atoms with Crippen molar-refractivity contribution in [2.75, 3.05) is 20.3 Å². The van der Waals surface area contributed by atoms with Gasteiger partial charge in [-0.15, -0.1) is 0 Å². The first kappa shape index (κ1) is 14.9. The van der Waals surface area contributed by atoms with Crippen molar-refractivity contribution >= 4 is 17.6 Å². The molecule has 1 N–H and O–H groups in total. The van der Waals surface area contributed by atoms with Gasteiger partial charge >= 0.3 is 5.97 Å². The first-order valence-electron chi connectivity index (χ1n) is 6.50. The lowest BCUT2D eigenvalue weighted by Crippen LogP contribution is -2.35. The summed E-state index contributed by atoms with van der Waals surface area (Å²) in [5, 5.41) is 9.50. The summed E-state index contributed by atoms with van der Waals surface area (Å²) in [6, 6.07) is 3.09. The van der Waals surface area contributed by atoms with Crippen LogP contribution in [0.5, 0.6) is 11.5 Å². The number of halogens is 1. The fourth-order valence-electron chi connectivity index (χ4n) is 1.99. The van der Waals surface area contributed by atoms with Gasteiger partial charge in [-0.05, 0) is 31.7 Å². The summed E-state index contributed by atoms with van der Waals surface area (Å²) in [7, 11) is 1.76. The molecule has 0 amide bonds. The number of rotatable bonds is 4. The highest BCUT2D eigenvalue weighted by Gasteiger charge is 2.19. The number of benzene rings is 1. The molecule has 1 unspecified atom stereocenters. The Labute approximate surface area is 123 Å². The topological polar surface area (TPSA) is 59.0 Å². The molecule has 0 aliphatic carbocycles. The molecular formula is C14H18ClNO4. The highest BCUT2D eigenvalue weighted by Crippen LogP contribution is 2.38. The van der Waals surface area contributed by atoms with Crippen molar-refractivity contribution in [3.8, 4) is 11.5 Å². The van der Waals surface area contributed by atoms with Gasteiger partial charge < -0.3 is 14.6 Å². The molecule has 0 saturated carbocycles. The number of likely N-dealkylation sites (N-methyl/N-ethyl adjacent to an activating group) is 1. The lowest BCUT2D eigenvalue weighted by molar-refractivity contribution is -0.142. The van der Waals surface area contributed by atoms with Gasteiger partial charge in [-0.25, -0.2) is 0 Å². The van der Waals surface area contributed by atoms with E-state index in [0.717, 1.165) is 12.0 Å². The van der Waals surface area contributed by atoms with Crippen LogP contribution >= 0.6 is 11.6 Å². The molecule has 1 aliphatic heterocycles. The summed E-state index contributed by atoms with van der Waals surface area (Å²) in [6.45, 7) is 3.30. The third-order valence-electron chi connectivity index (χ3n) is 3.31. The average molecular weight is 300 g/mol. The van der Waals surface area contributed by atoms with Crippen LogP contribution in [0.3, 0.4) is 0 Å². The number of ether oxygens (including phenoxy) is 2. The van der Waals surface area contributed by atoms with Gasteiger partial charge in [-0.2, -0.15) is 0 Å². The van der Waals surface area contributed by atoms with Crippen LogP contribution < -0.4 is 9.47 Å². The van der Waals surface area contributed by atoms with Gasteiger partial charge in [0.15, 0.2) is 11.5 Å². The van der Waals surface area contributed by atoms with Gasteiger partial charge in [-0.1, -0.05) is 11.6 Å². The number of aliphatic carboxylic acids is 1. The molecule has 110 valence electrons. The molecule has 6 heteroatoms. The quantitative estimate of drug-likeness (QED) is 0.925. The fraction of sp³-hybridized carbons (Fsp3) is 0.500. The Hall–Kier alpha value is -1.46. The zero-order valence-corrected chi connectivity index (χ0v) is 12.3. The standard InChI is InChI=1S/C14H18ClNO4/c1-9(14(17)18)16(2)8-10-6-11(15)13-12(7-10)19-4-3-5-20-13/h6-7,9H,3-5,8H2,1-2H3,(H,17,18). The van der Waals surface area contributed by atoms with Crippen LogP contribution in [-0.2, 0) is 11.3 Å². The van der Waals surface area contributed by atoms with Gasteiger partial charge in [0.1, 0.15) is 6.04 Å². The van der Waals surface area contributed by atoms with Gasteiger partial charge in [0.25, 0.3) is 0 Å². The molecule has 20 heavy (non-hydrogen) atoms. The molecule has 0 bridgehead atoms. The Morgan fingerprint density at radius 2 is 2.15 bits per heavy atom. The third-order valence-corrected chi connectivity index (χ3v) is 3.59. The summed E-state index contributed by atoms with van der Waals surface area (Å²) in [5.41, 5.74) is 0.898. The van der Waals surface area contributed by atoms with Crippen molar-refractivity contribution in [3.63, 3.8) is 0 Å². The first-order valence-corrected chi connectivity index (χ1v) is 6.88. The third kappa shape index (κ3) is 3.35. The highest BCUT2D eigenvalue weighted by molar-refractivity contribution is 6.32. The van der Waals surface area contributed by atoms with Crippen LogP contribution in [-0.4, -0.2) is 42.3 Å². The molecule has 0 saturated heterocycles. The molecular weight excluding hydrogens is 282 g/mol. The summed E-state index contributed by atoms with van der Waals surface area (Å²) in [4.78, 5) is 12.7. The van der Waals surface area contributed by atoms with E-state index in [1.807, 2.05) is 6.07 Å². The summed E-state index contributed by atoms with van der Waals surface area (Å²) in [6.07, 6.45) is 0.816. The van der Waals surface area contributed by atoms with E-state index in [9.17, 15) is 4.79 Å². The van der Waals surface area contributed by atoms with Crippen LogP contribution in [0.1, 0.15) is 18.9 Å². The lowest BCUT2D eigenvalue weighted by Gasteiger charge is -2.22. The zero-order valence-electron chi connectivity index (χ0n) is 11.6. The predicted octanol–water partition coefficient (Wildman–Crippen LogP) is 2.41. The molecule has 0 aromatic heterocycles. The maximum Gasteiger partial charge on any atom is 0.320 e. The molecule has 0 radical (unpaired) electrons. The fourth-order valence-corrected chi connectivity index (χ4v) is 2.28. The number of nitrogens with zero attached hydrogens (tertiary/aromatic N) is 1. The molecule has 1 aromatic carbocycles. The molecule has 2 rings (SSSR count). The van der Waals surface area contributed by atoms with Crippen LogP contribution in [0, 0.1) is 0 Å². The first-order chi connectivity index (χ1) is 9.49. The van der Waals surface area contributed by atoms with Crippen LogP contribution in [0.4, 0.5) is 0 Å². The normalized spacial score (nSPS) is 15.8. The summed E-state index contributed by atoms with van der Waals surface area (Å²) < 4.78 is 11.2. The predicted molar refractivity (Wildman–Crippen MR) is 75.6 cm³/mol. The average Bonchev–Trinajstić information content (AvgIpc) is 2.63. The van der Waals surface area contributed by atoms with Crippen molar-refractivity contribution in [2.45, 2.75) is 25.9 Å². The van der Waals surface area contributed by atoms with Crippen molar-refractivity contribution in [2.24, 2.45) is 0 Å². The van der Waals surface area contributed by atoms with E-state index in [4.69, 9.17) is 26.2 Å². The Balaban J connectivity index is 2.19. The van der Waals surface area contributed by atoms with E-state index < -0.39 is 12.0 Å². The molecule has 1 heterocycles. The number of fused-ring (bicyclic) bond motifs is 1. The van der Waals surface area contributed by atoms with E-state index in [-0.39, 0.29) is 0 Å². The second-order valence-electron chi connectivity index (χ2n) is 4.88. The molecule has 0 fully saturated rings. The minimum atomic E-state index is -0.854. The second-order valence-corrected chi connectivity index (χ2v) is 5.29. The van der Waals surface area contributed by atoms with Gasteiger partial charge in [0.2, 0.25) is 0 Å². The largest absolute Gasteiger partial charge is 0.489 e. The highest BCUT2D eigenvalue weighted by atomic mass is 35.5. The summed E-state index contributed by atoms with van der Waals surface area (Å²) in [5.74, 6) is 0.344. The maximum absolute atomic E-state index is 11.0. The van der Waals surface area contributed by atoms with E-state index in [0.29, 0.717) is 36.3 Å². The smallest absolute Gasteiger partial charge is 0.320 e. The van der Waals surface area contributed by atoms with Crippen LogP contribution in [0.25, 0.3) is 0 Å². The lowest BCUT2D eigenvalue weighted by atomic mass is 10.1. The van der Waals surface area contributed by atoms with Gasteiger partial charge in [0.05, 0.1) is 18.2 Å². The summed E-state index contributed by atoms with van der Waals surface area (Å²) >= 11 is 6.21. The van der Waals surface area contributed by atoms with Crippen LogP contribution in [0.15, 0.2) is 12.1 Å². The van der Waals surface area contributed by atoms with E-state index >= 15 is 0 Å². The molecule has 1 aromatic rings. The Bertz CT molecular complexity index is 506. The second kappa shape index (κ2) is 6.33. The Morgan fingerprint density at radius 1 is 1.45 bits per heavy atom. The number of hydrogen-bond donors (Lipinski definition) is 1. The van der Waals surface area contributed by atoms with Gasteiger partial charge in [0, 0.05) is 13.0 Å². The van der Waals surface area contributed by atoms with E-state index in [1.54, 1.807) is 24.9 Å². The van der Waals surface area contributed by atoms with Crippen molar-refractivity contribution in [1.29, 1.82) is 0 Å². The SMILES string of the molecule is CC(C(=O)O)N(C)Cc1cc(Cl)c2c(c1)OCCCO2. The molecule has 5 nitrogen and oxygen atoms in total. The molecule has 1 atom stereocenters. The number of carbonyl (C=O) groups is 1. The van der Waals surface area contributed by atoms with Crippen molar-refractivity contribution < 1.29 is 19.4 Å². The van der Waals surface area contributed by atoms with Crippen LogP contribution in [0.2, 0.25) is 5.02 Å². The van der Waals surface area contributed by atoms with E-state index in [2.05, 4.69) is 0 Å². The van der Waals surface area contributed by atoms with E-state index in [1.165, 1.54) is 0 Å².